The van der Waals surface area contributed by atoms with Crippen LogP contribution in [-0.2, 0) is 0 Å². The van der Waals surface area contributed by atoms with Crippen molar-refractivity contribution in [3.05, 3.63) is 0 Å². The molecule has 0 aromatic heterocycles. The lowest BCUT2D eigenvalue weighted by molar-refractivity contribution is 0.314. The molecule has 0 amide bonds. The molecule has 0 unspecified atom stereocenters. The van der Waals surface area contributed by atoms with E-state index in [1.807, 2.05) is 0 Å². The molecular formula is C31H66ClN. The Kier molecular flexibility index (Phi) is 34.6. The van der Waals surface area contributed by atoms with Crippen molar-refractivity contribution in [2.45, 2.75) is 181 Å². The largest absolute Gasteiger partial charge is 0.306 e. The second-order valence-corrected chi connectivity index (χ2v) is 10.8. The number of halogens is 1. The molecule has 0 aliphatic heterocycles. The summed E-state index contributed by atoms with van der Waals surface area (Å²) < 4.78 is 0. The van der Waals surface area contributed by atoms with Gasteiger partial charge in [-0.15, -0.1) is 12.4 Å². The van der Waals surface area contributed by atoms with Crippen molar-refractivity contribution in [2.75, 3.05) is 20.1 Å². The number of hydrogen-bond donors (Lipinski definition) is 0. The van der Waals surface area contributed by atoms with Gasteiger partial charge in [0, 0.05) is 0 Å². The topological polar surface area (TPSA) is 3.24 Å². The normalized spacial score (nSPS) is 11.3. The molecule has 0 heterocycles. The molecule has 2 heteroatoms. The molecule has 33 heavy (non-hydrogen) atoms. The summed E-state index contributed by atoms with van der Waals surface area (Å²) in [7, 11) is 2.32. The molecule has 0 atom stereocenters. The SMILES string of the molecule is CCCCCCCCCCCCCCCCCCCCCCN(C)CCCCCCCC.Cl. The van der Waals surface area contributed by atoms with Gasteiger partial charge in [0.25, 0.3) is 0 Å². The number of rotatable bonds is 28. The molecule has 1 nitrogen and oxygen atoms in total. The van der Waals surface area contributed by atoms with Crippen LogP contribution in [0.25, 0.3) is 0 Å². The molecule has 0 aliphatic rings. The van der Waals surface area contributed by atoms with E-state index in [0.29, 0.717) is 0 Å². The van der Waals surface area contributed by atoms with Crippen LogP contribution in [0.2, 0.25) is 0 Å². The standard InChI is InChI=1S/C31H65N.ClH/c1-4-6-8-10-12-13-14-15-16-17-18-19-20-21-22-23-24-25-27-29-31-32(3)30-28-26-11-9-7-5-2;/h4-31H2,1-3H3;1H. The highest BCUT2D eigenvalue weighted by Gasteiger charge is 1.99. The minimum atomic E-state index is 0. The van der Waals surface area contributed by atoms with Gasteiger partial charge in [-0.3, -0.25) is 0 Å². The lowest BCUT2D eigenvalue weighted by Crippen LogP contribution is -2.20. The minimum Gasteiger partial charge on any atom is -0.306 e. The fourth-order valence-electron chi connectivity index (χ4n) is 4.91. The van der Waals surface area contributed by atoms with Gasteiger partial charge in [0.1, 0.15) is 0 Å². The molecule has 0 N–H and O–H groups in total. The maximum absolute atomic E-state index is 2.56. The van der Waals surface area contributed by atoms with Crippen LogP contribution in [0, 0.1) is 0 Å². The van der Waals surface area contributed by atoms with Crippen molar-refractivity contribution >= 4 is 12.4 Å². The fraction of sp³-hybridized carbons (Fsp3) is 1.00. The van der Waals surface area contributed by atoms with Gasteiger partial charge in [-0.2, -0.15) is 0 Å². The van der Waals surface area contributed by atoms with Crippen molar-refractivity contribution in [2.24, 2.45) is 0 Å². The number of unbranched alkanes of at least 4 members (excludes halogenated alkanes) is 24. The Bertz CT molecular complexity index is 320. The highest BCUT2D eigenvalue weighted by atomic mass is 35.5. The summed E-state index contributed by atoms with van der Waals surface area (Å²) in [5.41, 5.74) is 0. The first-order valence-electron chi connectivity index (χ1n) is 15.5. The zero-order chi connectivity index (χ0) is 23.4. The Hall–Kier alpha value is 0.250. The summed E-state index contributed by atoms with van der Waals surface area (Å²) in [6.45, 7) is 7.23. The highest BCUT2D eigenvalue weighted by molar-refractivity contribution is 5.85. The average Bonchev–Trinajstić information content (AvgIpc) is 2.80. The van der Waals surface area contributed by atoms with E-state index in [1.54, 1.807) is 0 Å². The van der Waals surface area contributed by atoms with Gasteiger partial charge < -0.3 is 4.90 Å². The van der Waals surface area contributed by atoms with Crippen molar-refractivity contribution < 1.29 is 0 Å². The van der Waals surface area contributed by atoms with Gasteiger partial charge in [0.05, 0.1) is 0 Å². The zero-order valence-electron chi connectivity index (χ0n) is 23.7. The van der Waals surface area contributed by atoms with E-state index in [4.69, 9.17) is 0 Å². The summed E-state index contributed by atoms with van der Waals surface area (Å²) in [6.07, 6.45) is 37.9. The van der Waals surface area contributed by atoms with Crippen LogP contribution in [0.1, 0.15) is 181 Å². The number of hydrogen-bond acceptors (Lipinski definition) is 1. The van der Waals surface area contributed by atoms with E-state index < -0.39 is 0 Å². The second-order valence-electron chi connectivity index (χ2n) is 10.8. The highest BCUT2D eigenvalue weighted by Crippen LogP contribution is 2.15. The summed E-state index contributed by atoms with van der Waals surface area (Å²) in [5, 5.41) is 0. The smallest absolute Gasteiger partial charge is 0.00218 e. The van der Waals surface area contributed by atoms with Gasteiger partial charge in [-0.25, -0.2) is 0 Å². The first-order chi connectivity index (χ1) is 15.8. The monoisotopic (exact) mass is 487 g/mol. The molecule has 0 bridgehead atoms. The summed E-state index contributed by atoms with van der Waals surface area (Å²) >= 11 is 0. The Morgan fingerprint density at radius 1 is 0.303 bits per heavy atom. The molecule has 0 fully saturated rings. The van der Waals surface area contributed by atoms with Crippen molar-refractivity contribution in [3.63, 3.8) is 0 Å². The van der Waals surface area contributed by atoms with Gasteiger partial charge in [-0.1, -0.05) is 168 Å². The third-order valence-corrected chi connectivity index (χ3v) is 7.29. The lowest BCUT2D eigenvalue weighted by Gasteiger charge is -2.16. The van der Waals surface area contributed by atoms with Crippen LogP contribution in [0.3, 0.4) is 0 Å². The average molecular weight is 488 g/mol. The lowest BCUT2D eigenvalue weighted by atomic mass is 10.0. The van der Waals surface area contributed by atoms with Gasteiger partial charge in [0.2, 0.25) is 0 Å². The van der Waals surface area contributed by atoms with Gasteiger partial charge in [-0.05, 0) is 33.0 Å². The molecule has 0 radical (unpaired) electrons. The van der Waals surface area contributed by atoms with E-state index in [1.165, 1.54) is 180 Å². The van der Waals surface area contributed by atoms with Crippen molar-refractivity contribution in [1.82, 2.24) is 4.90 Å². The quantitative estimate of drug-likeness (QED) is 0.0990. The third kappa shape index (κ3) is 32.2. The predicted molar refractivity (Wildman–Crippen MR) is 156 cm³/mol. The van der Waals surface area contributed by atoms with E-state index in [-0.39, 0.29) is 12.4 Å². The first kappa shape index (κ1) is 35.4. The zero-order valence-corrected chi connectivity index (χ0v) is 24.5. The first-order valence-corrected chi connectivity index (χ1v) is 15.5. The van der Waals surface area contributed by atoms with E-state index in [0.717, 1.165) is 0 Å². The molecule has 0 spiro atoms. The van der Waals surface area contributed by atoms with Crippen molar-refractivity contribution in [3.8, 4) is 0 Å². The molecule has 0 aromatic carbocycles. The maximum Gasteiger partial charge on any atom is -0.00218 e. The summed E-state index contributed by atoms with van der Waals surface area (Å²) in [4.78, 5) is 2.56. The van der Waals surface area contributed by atoms with E-state index >= 15 is 0 Å². The van der Waals surface area contributed by atoms with Crippen LogP contribution in [0.4, 0.5) is 0 Å². The number of nitrogens with zero attached hydrogens (tertiary/aromatic N) is 1. The molecule has 202 valence electrons. The maximum atomic E-state index is 2.56. The van der Waals surface area contributed by atoms with Crippen LogP contribution >= 0.6 is 12.4 Å². The van der Waals surface area contributed by atoms with Crippen LogP contribution in [0.15, 0.2) is 0 Å². The van der Waals surface area contributed by atoms with Crippen LogP contribution < -0.4 is 0 Å². The molecule has 0 rings (SSSR count). The van der Waals surface area contributed by atoms with Gasteiger partial charge >= 0.3 is 0 Å². The Balaban J connectivity index is 0. The van der Waals surface area contributed by atoms with Crippen LogP contribution in [-0.4, -0.2) is 25.0 Å². The third-order valence-electron chi connectivity index (χ3n) is 7.29. The fourth-order valence-corrected chi connectivity index (χ4v) is 4.91. The van der Waals surface area contributed by atoms with Crippen molar-refractivity contribution in [1.29, 1.82) is 0 Å². The molecule has 0 saturated carbocycles. The molecule has 0 aromatic rings. The minimum absolute atomic E-state index is 0. The summed E-state index contributed by atoms with van der Waals surface area (Å²) in [5.74, 6) is 0. The Labute approximate surface area is 218 Å². The van der Waals surface area contributed by atoms with E-state index in [2.05, 4.69) is 25.8 Å². The molecule has 0 aliphatic carbocycles. The second kappa shape index (κ2) is 32.2. The predicted octanol–water partition coefficient (Wildman–Crippen LogP) is 11.5. The van der Waals surface area contributed by atoms with Crippen LogP contribution in [0.5, 0.6) is 0 Å². The Morgan fingerprint density at radius 2 is 0.485 bits per heavy atom. The molecular weight excluding hydrogens is 422 g/mol. The Morgan fingerprint density at radius 3 is 0.697 bits per heavy atom. The summed E-state index contributed by atoms with van der Waals surface area (Å²) in [6, 6.07) is 0. The van der Waals surface area contributed by atoms with Gasteiger partial charge in [0.15, 0.2) is 0 Å². The van der Waals surface area contributed by atoms with E-state index in [9.17, 15) is 0 Å². The molecule has 0 saturated heterocycles.